The van der Waals surface area contributed by atoms with Gasteiger partial charge in [-0.3, -0.25) is 0 Å². The number of esters is 1. The second-order valence-electron chi connectivity index (χ2n) is 6.02. The minimum Gasteiger partial charge on any atom is -0.432 e. The van der Waals surface area contributed by atoms with E-state index in [4.69, 9.17) is 4.74 Å². The van der Waals surface area contributed by atoms with E-state index < -0.39 is 24.3 Å². The minimum atomic E-state index is -1.32. The molecule has 0 saturated heterocycles. The first-order chi connectivity index (χ1) is 9.83. The third kappa shape index (κ3) is 4.55. The van der Waals surface area contributed by atoms with Crippen LogP contribution in [0.3, 0.4) is 0 Å². The fourth-order valence-electron chi connectivity index (χ4n) is 2.21. The molecule has 0 bridgehead atoms. The number of aliphatic hydroxyl groups excluding tert-OH is 2. The molecular formula is C17H26O4. The number of aliphatic hydroxyl groups is 2. The van der Waals surface area contributed by atoms with Crippen LogP contribution in [-0.2, 0) is 4.74 Å². The van der Waals surface area contributed by atoms with Crippen LogP contribution in [0.5, 0.6) is 0 Å². The number of benzene rings is 1. The maximum Gasteiger partial charge on any atom is 0.340 e. The average Bonchev–Trinajstić information content (AvgIpc) is 2.48. The molecule has 0 radical (unpaired) electrons. The standard InChI is InChI=1S/C17H26O4/c1-5-13(14(18)17(3,4)6-2)16(20)21-15(19)12-10-8-7-9-11-12/h7-11,13-14,16,18,20H,5-6H2,1-4H3. The normalized spacial score (nSPS) is 16.1. The number of rotatable bonds is 7. The van der Waals surface area contributed by atoms with Crippen LogP contribution in [0.15, 0.2) is 30.3 Å². The maximum absolute atomic E-state index is 12.0. The molecule has 0 amide bonds. The molecule has 0 aliphatic rings. The predicted octanol–water partition coefficient (Wildman–Crippen LogP) is 2.99. The largest absolute Gasteiger partial charge is 0.432 e. The number of ether oxygens (including phenoxy) is 1. The summed E-state index contributed by atoms with van der Waals surface area (Å²) in [5.74, 6) is -1.09. The number of carbonyl (C=O) groups excluding carboxylic acids is 1. The molecule has 4 heteroatoms. The van der Waals surface area contributed by atoms with E-state index in [2.05, 4.69) is 0 Å². The van der Waals surface area contributed by atoms with E-state index in [1.807, 2.05) is 27.7 Å². The van der Waals surface area contributed by atoms with Crippen molar-refractivity contribution in [3.8, 4) is 0 Å². The summed E-state index contributed by atoms with van der Waals surface area (Å²) >= 11 is 0. The molecular weight excluding hydrogens is 268 g/mol. The lowest BCUT2D eigenvalue weighted by Gasteiger charge is -2.36. The van der Waals surface area contributed by atoms with Crippen LogP contribution in [0.2, 0.25) is 0 Å². The van der Waals surface area contributed by atoms with Crippen molar-refractivity contribution in [1.82, 2.24) is 0 Å². The Morgan fingerprint density at radius 3 is 2.24 bits per heavy atom. The van der Waals surface area contributed by atoms with Crippen molar-refractivity contribution in [2.24, 2.45) is 11.3 Å². The summed E-state index contributed by atoms with van der Waals surface area (Å²) in [6.45, 7) is 7.72. The predicted molar refractivity (Wildman–Crippen MR) is 81.7 cm³/mol. The molecule has 0 aromatic heterocycles. The summed E-state index contributed by atoms with van der Waals surface area (Å²) in [4.78, 5) is 12.0. The van der Waals surface area contributed by atoms with Crippen LogP contribution in [0.1, 0.15) is 50.9 Å². The average molecular weight is 294 g/mol. The highest BCUT2D eigenvalue weighted by Crippen LogP contribution is 2.33. The van der Waals surface area contributed by atoms with Gasteiger partial charge in [0.25, 0.3) is 0 Å². The molecule has 1 aromatic rings. The van der Waals surface area contributed by atoms with E-state index in [0.29, 0.717) is 12.0 Å². The van der Waals surface area contributed by atoms with Crippen molar-refractivity contribution in [3.05, 3.63) is 35.9 Å². The Kier molecular flexibility index (Phi) is 6.37. The summed E-state index contributed by atoms with van der Waals surface area (Å²) in [6.07, 6.45) is -0.771. The van der Waals surface area contributed by atoms with Gasteiger partial charge < -0.3 is 14.9 Å². The van der Waals surface area contributed by atoms with Gasteiger partial charge in [0.2, 0.25) is 6.29 Å². The van der Waals surface area contributed by atoms with Crippen molar-refractivity contribution in [3.63, 3.8) is 0 Å². The first kappa shape index (κ1) is 17.7. The third-order valence-corrected chi connectivity index (χ3v) is 4.19. The highest BCUT2D eigenvalue weighted by Gasteiger charge is 2.37. The molecule has 21 heavy (non-hydrogen) atoms. The summed E-state index contributed by atoms with van der Waals surface area (Å²) in [5.41, 5.74) is 0.0384. The van der Waals surface area contributed by atoms with Gasteiger partial charge in [0.05, 0.1) is 11.7 Å². The molecule has 0 fully saturated rings. The van der Waals surface area contributed by atoms with Gasteiger partial charge in [0.15, 0.2) is 0 Å². The van der Waals surface area contributed by atoms with Gasteiger partial charge in [-0.15, -0.1) is 0 Å². The number of carbonyl (C=O) groups is 1. The Morgan fingerprint density at radius 1 is 1.19 bits per heavy atom. The molecule has 1 aromatic carbocycles. The smallest absolute Gasteiger partial charge is 0.340 e. The highest BCUT2D eigenvalue weighted by atomic mass is 16.6. The Labute approximate surface area is 126 Å². The van der Waals surface area contributed by atoms with Crippen LogP contribution in [-0.4, -0.2) is 28.6 Å². The van der Waals surface area contributed by atoms with E-state index in [9.17, 15) is 15.0 Å². The van der Waals surface area contributed by atoms with Crippen molar-refractivity contribution in [2.45, 2.75) is 52.9 Å². The summed E-state index contributed by atoms with van der Waals surface area (Å²) in [5, 5.41) is 20.6. The lowest BCUT2D eigenvalue weighted by molar-refractivity contribution is -0.147. The lowest BCUT2D eigenvalue weighted by atomic mass is 9.76. The third-order valence-electron chi connectivity index (χ3n) is 4.19. The first-order valence-corrected chi connectivity index (χ1v) is 7.45. The van der Waals surface area contributed by atoms with E-state index in [1.165, 1.54) is 0 Å². The van der Waals surface area contributed by atoms with Crippen LogP contribution in [0.25, 0.3) is 0 Å². The topological polar surface area (TPSA) is 66.8 Å². The number of hydrogen-bond acceptors (Lipinski definition) is 4. The Balaban J connectivity index is 2.76. The molecule has 0 spiro atoms. The molecule has 118 valence electrons. The van der Waals surface area contributed by atoms with Crippen molar-refractivity contribution in [1.29, 1.82) is 0 Å². The van der Waals surface area contributed by atoms with Crippen LogP contribution >= 0.6 is 0 Å². The summed E-state index contributed by atoms with van der Waals surface area (Å²) in [6, 6.07) is 8.52. The maximum atomic E-state index is 12.0. The quantitative estimate of drug-likeness (QED) is 0.599. The molecule has 3 unspecified atom stereocenters. The number of hydrogen-bond donors (Lipinski definition) is 2. The van der Waals surface area contributed by atoms with E-state index >= 15 is 0 Å². The molecule has 1 rings (SSSR count). The zero-order chi connectivity index (χ0) is 16.0. The van der Waals surface area contributed by atoms with Crippen molar-refractivity contribution in [2.75, 3.05) is 0 Å². The van der Waals surface area contributed by atoms with Gasteiger partial charge in [-0.2, -0.15) is 0 Å². The Morgan fingerprint density at radius 2 is 1.76 bits per heavy atom. The fourth-order valence-corrected chi connectivity index (χ4v) is 2.21. The lowest BCUT2D eigenvalue weighted by Crippen LogP contribution is -2.42. The minimum absolute atomic E-state index is 0.346. The van der Waals surface area contributed by atoms with E-state index in [-0.39, 0.29) is 5.41 Å². The Bertz CT molecular complexity index is 441. The second-order valence-corrected chi connectivity index (χ2v) is 6.02. The van der Waals surface area contributed by atoms with Gasteiger partial charge >= 0.3 is 5.97 Å². The molecule has 0 aliphatic heterocycles. The van der Waals surface area contributed by atoms with Crippen LogP contribution < -0.4 is 0 Å². The molecule has 0 aliphatic carbocycles. The molecule has 2 N–H and O–H groups in total. The Hall–Kier alpha value is -1.39. The molecule has 0 heterocycles. The van der Waals surface area contributed by atoms with Crippen molar-refractivity contribution < 1.29 is 19.7 Å². The SMILES string of the molecule is CCC(C(O)OC(=O)c1ccccc1)C(O)C(C)(C)CC. The van der Waals surface area contributed by atoms with Crippen molar-refractivity contribution >= 4 is 5.97 Å². The van der Waals surface area contributed by atoms with E-state index in [0.717, 1.165) is 6.42 Å². The first-order valence-electron chi connectivity index (χ1n) is 7.45. The van der Waals surface area contributed by atoms with Gasteiger partial charge in [0, 0.05) is 5.92 Å². The van der Waals surface area contributed by atoms with Gasteiger partial charge in [-0.05, 0) is 30.4 Å². The van der Waals surface area contributed by atoms with E-state index in [1.54, 1.807) is 30.3 Å². The highest BCUT2D eigenvalue weighted by molar-refractivity contribution is 5.89. The molecule has 0 saturated carbocycles. The van der Waals surface area contributed by atoms with Crippen LogP contribution in [0, 0.1) is 11.3 Å². The fraction of sp³-hybridized carbons (Fsp3) is 0.588. The monoisotopic (exact) mass is 294 g/mol. The zero-order valence-corrected chi connectivity index (χ0v) is 13.2. The summed E-state index contributed by atoms with van der Waals surface area (Å²) in [7, 11) is 0. The molecule has 3 atom stereocenters. The van der Waals surface area contributed by atoms with Gasteiger partial charge in [-0.1, -0.05) is 45.9 Å². The van der Waals surface area contributed by atoms with Gasteiger partial charge in [-0.25, -0.2) is 4.79 Å². The second kappa shape index (κ2) is 7.57. The zero-order valence-electron chi connectivity index (χ0n) is 13.2. The summed E-state index contributed by atoms with van der Waals surface area (Å²) < 4.78 is 5.11. The van der Waals surface area contributed by atoms with Gasteiger partial charge in [0.1, 0.15) is 0 Å². The molecule has 4 nitrogen and oxygen atoms in total. The van der Waals surface area contributed by atoms with Crippen LogP contribution in [0.4, 0.5) is 0 Å².